The SMILES string of the molecule is O=C(NCc1ccc(C(=O)O)cc1)Nc1cccnc1N1CCOCC1. The molecule has 0 radical (unpaired) electrons. The summed E-state index contributed by atoms with van der Waals surface area (Å²) in [5.74, 6) is -0.258. The standard InChI is InChI=1S/C18H20N4O4/c23-17(24)14-5-3-13(4-6-14)12-20-18(25)21-15-2-1-7-19-16(15)22-8-10-26-11-9-22/h1-7H,8-12H2,(H,23,24)(H2,20,21,25). The lowest BCUT2D eigenvalue weighted by molar-refractivity contribution is 0.0697. The Morgan fingerprint density at radius 1 is 1.15 bits per heavy atom. The molecule has 2 aromatic rings. The highest BCUT2D eigenvalue weighted by atomic mass is 16.5. The topological polar surface area (TPSA) is 104 Å². The first-order chi connectivity index (χ1) is 12.6. The predicted molar refractivity (Wildman–Crippen MR) is 96.5 cm³/mol. The quantitative estimate of drug-likeness (QED) is 0.756. The van der Waals surface area contributed by atoms with Crippen molar-refractivity contribution in [3.05, 3.63) is 53.7 Å². The van der Waals surface area contributed by atoms with Gasteiger partial charge < -0.3 is 25.4 Å². The van der Waals surface area contributed by atoms with Crippen molar-refractivity contribution in [3.8, 4) is 0 Å². The smallest absolute Gasteiger partial charge is 0.335 e. The monoisotopic (exact) mass is 356 g/mol. The van der Waals surface area contributed by atoms with E-state index in [1.807, 2.05) is 0 Å². The molecule has 26 heavy (non-hydrogen) atoms. The molecule has 1 aliphatic rings. The van der Waals surface area contributed by atoms with Crippen LogP contribution in [0.5, 0.6) is 0 Å². The van der Waals surface area contributed by atoms with E-state index in [1.165, 1.54) is 12.1 Å². The minimum absolute atomic E-state index is 0.212. The van der Waals surface area contributed by atoms with Gasteiger partial charge in [-0.2, -0.15) is 0 Å². The zero-order chi connectivity index (χ0) is 18.4. The highest BCUT2D eigenvalue weighted by Gasteiger charge is 2.17. The van der Waals surface area contributed by atoms with E-state index in [2.05, 4.69) is 20.5 Å². The van der Waals surface area contributed by atoms with Crippen LogP contribution in [0, 0.1) is 0 Å². The second-order valence-electron chi connectivity index (χ2n) is 5.78. The van der Waals surface area contributed by atoms with Crippen LogP contribution in [0.4, 0.5) is 16.3 Å². The number of ether oxygens (including phenoxy) is 1. The molecule has 1 aromatic heterocycles. The van der Waals surface area contributed by atoms with Crippen LogP contribution >= 0.6 is 0 Å². The fourth-order valence-corrected chi connectivity index (χ4v) is 2.64. The number of hydrogen-bond donors (Lipinski definition) is 3. The summed E-state index contributed by atoms with van der Waals surface area (Å²) in [6.45, 7) is 3.01. The molecule has 1 aliphatic heterocycles. The average Bonchev–Trinajstić information content (AvgIpc) is 2.68. The minimum atomic E-state index is -0.977. The number of urea groups is 1. The number of hydrogen-bond acceptors (Lipinski definition) is 5. The summed E-state index contributed by atoms with van der Waals surface area (Å²) < 4.78 is 5.35. The van der Waals surface area contributed by atoms with Gasteiger partial charge in [0.15, 0.2) is 5.82 Å². The lowest BCUT2D eigenvalue weighted by Crippen LogP contribution is -2.38. The molecule has 2 heterocycles. The summed E-state index contributed by atoms with van der Waals surface area (Å²) in [6, 6.07) is 9.59. The number of aromatic nitrogens is 1. The first-order valence-electron chi connectivity index (χ1n) is 8.28. The number of carbonyl (C=O) groups is 2. The number of aromatic carboxylic acids is 1. The molecular weight excluding hydrogens is 336 g/mol. The Balaban J connectivity index is 1.59. The number of benzene rings is 1. The van der Waals surface area contributed by atoms with E-state index < -0.39 is 5.97 Å². The molecule has 0 aliphatic carbocycles. The van der Waals surface area contributed by atoms with Gasteiger partial charge in [-0.1, -0.05) is 12.1 Å². The number of rotatable bonds is 5. The lowest BCUT2D eigenvalue weighted by Gasteiger charge is -2.29. The lowest BCUT2D eigenvalue weighted by atomic mass is 10.1. The van der Waals surface area contributed by atoms with Crippen molar-refractivity contribution in [1.29, 1.82) is 0 Å². The van der Waals surface area contributed by atoms with Crippen molar-refractivity contribution in [2.75, 3.05) is 36.5 Å². The first-order valence-corrected chi connectivity index (χ1v) is 8.28. The van der Waals surface area contributed by atoms with Gasteiger partial charge in [0.2, 0.25) is 0 Å². The van der Waals surface area contributed by atoms with E-state index in [4.69, 9.17) is 9.84 Å². The summed E-state index contributed by atoms with van der Waals surface area (Å²) in [4.78, 5) is 29.5. The van der Waals surface area contributed by atoms with Gasteiger partial charge in [-0.05, 0) is 29.8 Å². The molecule has 136 valence electrons. The fraction of sp³-hybridized carbons (Fsp3) is 0.278. The molecule has 3 N–H and O–H groups in total. The van der Waals surface area contributed by atoms with Crippen LogP contribution in [0.15, 0.2) is 42.6 Å². The summed E-state index contributed by atoms with van der Waals surface area (Å²) in [6.07, 6.45) is 1.69. The maximum atomic E-state index is 12.2. The molecule has 3 rings (SSSR count). The number of nitrogens with one attached hydrogen (secondary N) is 2. The number of nitrogens with zero attached hydrogens (tertiary/aromatic N) is 2. The van der Waals surface area contributed by atoms with E-state index >= 15 is 0 Å². The van der Waals surface area contributed by atoms with Gasteiger partial charge in [0.1, 0.15) is 0 Å². The van der Waals surface area contributed by atoms with Crippen molar-refractivity contribution in [3.63, 3.8) is 0 Å². The van der Waals surface area contributed by atoms with Crippen molar-refractivity contribution >= 4 is 23.5 Å². The van der Waals surface area contributed by atoms with Crippen molar-refractivity contribution in [2.45, 2.75) is 6.54 Å². The van der Waals surface area contributed by atoms with Crippen LogP contribution in [0.1, 0.15) is 15.9 Å². The van der Waals surface area contributed by atoms with Crippen molar-refractivity contribution < 1.29 is 19.4 Å². The van der Waals surface area contributed by atoms with E-state index in [-0.39, 0.29) is 11.6 Å². The summed E-state index contributed by atoms with van der Waals surface area (Å²) in [5.41, 5.74) is 1.65. The van der Waals surface area contributed by atoms with Crippen LogP contribution in [0.3, 0.4) is 0 Å². The van der Waals surface area contributed by atoms with Gasteiger partial charge in [0, 0.05) is 25.8 Å². The van der Waals surface area contributed by atoms with Gasteiger partial charge in [-0.15, -0.1) is 0 Å². The number of carbonyl (C=O) groups excluding carboxylic acids is 1. The fourth-order valence-electron chi connectivity index (χ4n) is 2.64. The average molecular weight is 356 g/mol. The van der Waals surface area contributed by atoms with Gasteiger partial charge in [-0.3, -0.25) is 0 Å². The van der Waals surface area contributed by atoms with Crippen LogP contribution in [0.2, 0.25) is 0 Å². The Morgan fingerprint density at radius 2 is 1.88 bits per heavy atom. The van der Waals surface area contributed by atoms with E-state index in [0.29, 0.717) is 25.4 Å². The summed E-state index contributed by atoms with van der Waals surface area (Å²) in [7, 11) is 0. The number of morpholine rings is 1. The van der Waals surface area contributed by atoms with E-state index in [0.717, 1.165) is 24.5 Å². The molecule has 8 heteroatoms. The maximum absolute atomic E-state index is 12.2. The molecule has 0 spiro atoms. The molecule has 1 aromatic carbocycles. The number of carboxylic acid groups (broad SMARTS) is 1. The molecule has 1 saturated heterocycles. The Morgan fingerprint density at radius 3 is 2.58 bits per heavy atom. The second-order valence-corrected chi connectivity index (χ2v) is 5.78. The van der Waals surface area contributed by atoms with Gasteiger partial charge in [-0.25, -0.2) is 14.6 Å². The third-order valence-corrected chi connectivity index (χ3v) is 4.00. The molecule has 2 amide bonds. The minimum Gasteiger partial charge on any atom is -0.478 e. The molecule has 0 atom stereocenters. The molecular formula is C18H20N4O4. The normalized spacial score (nSPS) is 13.9. The third-order valence-electron chi connectivity index (χ3n) is 4.00. The summed E-state index contributed by atoms with van der Waals surface area (Å²) in [5, 5.41) is 14.5. The molecule has 0 bridgehead atoms. The molecule has 0 unspecified atom stereocenters. The third kappa shape index (κ3) is 4.48. The maximum Gasteiger partial charge on any atom is 0.335 e. The Hall–Kier alpha value is -3.13. The Labute approximate surface area is 150 Å². The second kappa shape index (κ2) is 8.30. The Kier molecular flexibility index (Phi) is 5.65. The molecule has 1 fully saturated rings. The van der Waals surface area contributed by atoms with Crippen LogP contribution in [-0.4, -0.2) is 48.4 Å². The zero-order valence-corrected chi connectivity index (χ0v) is 14.1. The highest BCUT2D eigenvalue weighted by Crippen LogP contribution is 2.23. The highest BCUT2D eigenvalue weighted by molar-refractivity contribution is 5.92. The number of carboxylic acids is 1. The van der Waals surface area contributed by atoms with Crippen LogP contribution < -0.4 is 15.5 Å². The van der Waals surface area contributed by atoms with Crippen LogP contribution in [-0.2, 0) is 11.3 Å². The van der Waals surface area contributed by atoms with Gasteiger partial charge in [0.05, 0.1) is 24.5 Å². The summed E-state index contributed by atoms with van der Waals surface area (Å²) >= 11 is 0. The number of pyridine rings is 1. The predicted octanol–water partition coefficient (Wildman–Crippen LogP) is 1.94. The van der Waals surface area contributed by atoms with E-state index in [1.54, 1.807) is 30.5 Å². The van der Waals surface area contributed by atoms with Crippen LogP contribution in [0.25, 0.3) is 0 Å². The van der Waals surface area contributed by atoms with E-state index in [9.17, 15) is 9.59 Å². The zero-order valence-electron chi connectivity index (χ0n) is 14.1. The molecule has 0 saturated carbocycles. The number of amides is 2. The van der Waals surface area contributed by atoms with Gasteiger partial charge in [0.25, 0.3) is 0 Å². The Bertz CT molecular complexity index is 773. The molecule has 8 nitrogen and oxygen atoms in total. The van der Waals surface area contributed by atoms with Crippen molar-refractivity contribution in [2.24, 2.45) is 0 Å². The van der Waals surface area contributed by atoms with Gasteiger partial charge >= 0.3 is 12.0 Å². The first kappa shape index (κ1) is 17.7. The number of anilines is 2. The largest absolute Gasteiger partial charge is 0.478 e. The van der Waals surface area contributed by atoms with Crippen molar-refractivity contribution in [1.82, 2.24) is 10.3 Å².